The fraction of sp³-hybridized carbons (Fsp3) is 0.643. The molecule has 2 aliphatic rings. The van der Waals surface area contributed by atoms with Gasteiger partial charge in [0, 0.05) is 25.1 Å². The maximum Gasteiger partial charge on any atom is 0.257 e. The van der Waals surface area contributed by atoms with Crippen LogP contribution in [-0.2, 0) is 4.74 Å². The topological polar surface area (TPSA) is 42.7 Å². The van der Waals surface area contributed by atoms with Crippen LogP contribution in [0.1, 0.15) is 48.2 Å². The van der Waals surface area contributed by atoms with Crippen molar-refractivity contribution in [3.8, 4) is 0 Å². The summed E-state index contributed by atoms with van der Waals surface area (Å²) in [5.74, 6) is 1.46. The van der Waals surface area contributed by atoms with Crippen molar-refractivity contribution < 1.29 is 13.9 Å². The van der Waals surface area contributed by atoms with Gasteiger partial charge in [-0.05, 0) is 32.3 Å². The Bertz CT molecular complexity index is 436. The normalized spacial score (nSPS) is 24.9. The summed E-state index contributed by atoms with van der Waals surface area (Å²) in [6.07, 6.45) is 4.83. The molecule has 4 heteroatoms. The van der Waals surface area contributed by atoms with E-state index in [0.29, 0.717) is 19.1 Å². The summed E-state index contributed by atoms with van der Waals surface area (Å²) < 4.78 is 10.9. The summed E-state index contributed by atoms with van der Waals surface area (Å²) >= 11 is 0. The number of rotatable bonds is 2. The number of hydrogen-bond acceptors (Lipinski definition) is 3. The van der Waals surface area contributed by atoms with Gasteiger partial charge in [0.25, 0.3) is 5.91 Å². The molecule has 2 fully saturated rings. The van der Waals surface area contributed by atoms with Crippen molar-refractivity contribution >= 4 is 5.91 Å². The Labute approximate surface area is 107 Å². The third kappa shape index (κ3) is 2.17. The van der Waals surface area contributed by atoms with E-state index in [4.69, 9.17) is 9.15 Å². The first-order chi connectivity index (χ1) is 8.77. The van der Waals surface area contributed by atoms with Gasteiger partial charge in [0.1, 0.15) is 5.76 Å². The lowest BCUT2D eigenvalue weighted by Crippen LogP contribution is -2.39. The molecule has 98 valence electrons. The Morgan fingerprint density at radius 1 is 1.33 bits per heavy atom. The minimum Gasteiger partial charge on any atom is -0.468 e. The molecule has 3 rings (SSSR count). The predicted octanol–water partition coefficient (Wildman–Crippen LogP) is 2.41. The number of amides is 1. The van der Waals surface area contributed by atoms with Crippen LogP contribution < -0.4 is 0 Å². The average molecular weight is 249 g/mol. The number of carbonyl (C=O) groups excluding carboxylic acids is 1. The van der Waals surface area contributed by atoms with Crippen LogP contribution in [0, 0.1) is 0 Å². The molecule has 1 amide bonds. The Morgan fingerprint density at radius 2 is 2.17 bits per heavy atom. The van der Waals surface area contributed by atoms with Gasteiger partial charge in [0.2, 0.25) is 0 Å². The Hall–Kier alpha value is -1.29. The highest BCUT2D eigenvalue weighted by molar-refractivity contribution is 5.95. The molecule has 1 aliphatic carbocycles. The number of furan rings is 1. The van der Waals surface area contributed by atoms with Gasteiger partial charge < -0.3 is 14.1 Å². The van der Waals surface area contributed by atoms with E-state index in [1.54, 1.807) is 6.26 Å². The number of ether oxygens (including phenoxy) is 1. The molecular formula is C14H19NO3. The molecule has 4 nitrogen and oxygen atoms in total. The molecule has 0 aromatic carbocycles. The molecule has 1 atom stereocenters. The molecule has 1 aromatic heterocycles. The largest absolute Gasteiger partial charge is 0.468 e. The van der Waals surface area contributed by atoms with Gasteiger partial charge >= 0.3 is 0 Å². The van der Waals surface area contributed by atoms with Crippen molar-refractivity contribution in [2.24, 2.45) is 0 Å². The summed E-state index contributed by atoms with van der Waals surface area (Å²) in [5.41, 5.74) is 0.756. The number of nitrogens with zero attached hydrogens (tertiary/aromatic N) is 1. The maximum atomic E-state index is 12.6. The lowest BCUT2D eigenvalue weighted by molar-refractivity contribution is 0.0685. The van der Waals surface area contributed by atoms with E-state index in [1.165, 1.54) is 0 Å². The van der Waals surface area contributed by atoms with Crippen LogP contribution in [0.3, 0.4) is 0 Å². The quantitative estimate of drug-likeness (QED) is 0.808. The van der Waals surface area contributed by atoms with E-state index in [-0.39, 0.29) is 11.9 Å². The molecule has 1 saturated carbocycles. The van der Waals surface area contributed by atoms with Crippen LogP contribution in [0.5, 0.6) is 0 Å². The molecular weight excluding hydrogens is 230 g/mol. The Balaban J connectivity index is 1.81. The SMILES string of the molecule is CC1CCOCCN1C(=O)c1ccoc1C1CC1. The van der Waals surface area contributed by atoms with Crippen molar-refractivity contribution in [1.82, 2.24) is 4.90 Å². The van der Waals surface area contributed by atoms with E-state index in [2.05, 4.69) is 6.92 Å². The average Bonchev–Trinajstić information content (AvgIpc) is 3.13. The first kappa shape index (κ1) is 11.8. The summed E-state index contributed by atoms with van der Waals surface area (Å²) in [6.45, 7) is 4.14. The zero-order valence-electron chi connectivity index (χ0n) is 10.7. The minimum absolute atomic E-state index is 0.101. The molecule has 1 aromatic rings. The second kappa shape index (κ2) is 4.76. The standard InChI is InChI=1S/C14H19NO3/c1-10-4-7-17-9-6-15(10)14(16)12-5-8-18-13(12)11-2-3-11/h5,8,10-11H,2-4,6-7,9H2,1H3. The summed E-state index contributed by atoms with van der Waals surface area (Å²) in [7, 11) is 0. The van der Waals surface area contributed by atoms with Crippen molar-refractivity contribution in [2.45, 2.75) is 38.1 Å². The molecule has 0 radical (unpaired) electrons. The van der Waals surface area contributed by atoms with Gasteiger partial charge in [-0.1, -0.05) is 0 Å². The lowest BCUT2D eigenvalue weighted by atomic mass is 10.1. The smallest absolute Gasteiger partial charge is 0.257 e. The third-order valence-electron chi connectivity index (χ3n) is 3.82. The first-order valence-corrected chi connectivity index (χ1v) is 6.73. The first-order valence-electron chi connectivity index (χ1n) is 6.73. The monoisotopic (exact) mass is 249 g/mol. The molecule has 1 unspecified atom stereocenters. The lowest BCUT2D eigenvalue weighted by Gasteiger charge is -2.26. The second-order valence-electron chi connectivity index (χ2n) is 5.22. The van der Waals surface area contributed by atoms with Crippen molar-refractivity contribution in [2.75, 3.05) is 19.8 Å². The van der Waals surface area contributed by atoms with Crippen LogP contribution in [0.2, 0.25) is 0 Å². The molecule has 0 N–H and O–H groups in total. The third-order valence-corrected chi connectivity index (χ3v) is 3.82. The van der Waals surface area contributed by atoms with Crippen LogP contribution in [-0.4, -0.2) is 36.6 Å². The molecule has 18 heavy (non-hydrogen) atoms. The number of carbonyl (C=O) groups is 1. The van der Waals surface area contributed by atoms with Crippen LogP contribution in [0.15, 0.2) is 16.7 Å². The van der Waals surface area contributed by atoms with E-state index in [9.17, 15) is 4.79 Å². The molecule has 2 heterocycles. The maximum absolute atomic E-state index is 12.6. The van der Waals surface area contributed by atoms with E-state index in [1.807, 2.05) is 11.0 Å². The van der Waals surface area contributed by atoms with Gasteiger partial charge in [-0.25, -0.2) is 0 Å². The predicted molar refractivity (Wildman–Crippen MR) is 66.6 cm³/mol. The highest BCUT2D eigenvalue weighted by Crippen LogP contribution is 2.42. The summed E-state index contributed by atoms with van der Waals surface area (Å²) in [6, 6.07) is 2.05. The minimum atomic E-state index is 0.101. The van der Waals surface area contributed by atoms with Crippen molar-refractivity contribution in [3.63, 3.8) is 0 Å². The van der Waals surface area contributed by atoms with Gasteiger partial charge in [0.15, 0.2) is 0 Å². The van der Waals surface area contributed by atoms with Crippen molar-refractivity contribution in [1.29, 1.82) is 0 Å². The molecule has 0 bridgehead atoms. The van der Waals surface area contributed by atoms with Gasteiger partial charge in [0.05, 0.1) is 18.4 Å². The van der Waals surface area contributed by atoms with Crippen LogP contribution in [0.25, 0.3) is 0 Å². The summed E-state index contributed by atoms with van der Waals surface area (Å²) in [4.78, 5) is 14.5. The fourth-order valence-corrected chi connectivity index (χ4v) is 2.51. The molecule has 1 aliphatic heterocycles. The second-order valence-corrected chi connectivity index (χ2v) is 5.22. The zero-order valence-corrected chi connectivity index (χ0v) is 10.7. The highest BCUT2D eigenvalue weighted by atomic mass is 16.5. The van der Waals surface area contributed by atoms with Gasteiger partial charge in [-0.15, -0.1) is 0 Å². The fourth-order valence-electron chi connectivity index (χ4n) is 2.51. The highest BCUT2D eigenvalue weighted by Gasteiger charge is 2.33. The zero-order chi connectivity index (χ0) is 12.5. The van der Waals surface area contributed by atoms with E-state index >= 15 is 0 Å². The molecule has 0 spiro atoms. The Morgan fingerprint density at radius 3 is 2.94 bits per heavy atom. The number of hydrogen-bond donors (Lipinski definition) is 0. The van der Waals surface area contributed by atoms with Gasteiger partial charge in [-0.2, -0.15) is 0 Å². The van der Waals surface area contributed by atoms with Crippen molar-refractivity contribution in [3.05, 3.63) is 23.7 Å². The summed E-state index contributed by atoms with van der Waals surface area (Å²) in [5, 5.41) is 0. The molecule has 1 saturated heterocycles. The van der Waals surface area contributed by atoms with Gasteiger partial charge in [-0.3, -0.25) is 4.79 Å². The van der Waals surface area contributed by atoms with E-state index < -0.39 is 0 Å². The van der Waals surface area contributed by atoms with Crippen LogP contribution >= 0.6 is 0 Å². The van der Waals surface area contributed by atoms with E-state index in [0.717, 1.165) is 37.2 Å². The van der Waals surface area contributed by atoms with Crippen LogP contribution in [0.4, 0.5) is 0 Å². The Kier molecular flexibility index (Phi) is 3.12.